The smallest absolute Gasteiger partial charge is 0.410 e. The van der Waals surface area contributed by atoms with Gasteiger partial charge in [0.1, 0.15) is 5.60 Å². The van der Waals surface area contributed by atoms with E-state index in [0.29, 0.717) is 13.1 Å². The van der Waals surface area contributed by atoms with Crippen molar-refractivity contribution in [1.82, 2.24) is 24.9 Å². The number of halogens is 1. The van der Waals surface area contributed by atoms with E-state index < -0.39 is 5.60 Å². The summed E-state index contributed by atoms with van der Waals surface area (Å²) in [5.74, 6) is 0.966. The molecule has 0 aliphatic carbocycles. The minimum Gasteiger partial charge on any atom is -0.444 e. The highest BCUT2D eigenvalue weighted by Crippen LogP contribution is 2.19. The van der Waals surface area contributed by atoms with E-state index in [9.17, 15) is 4.79 Å². The molecule has 0 spiro atoms. The first kappa shape index (κ1) is 23.8. The average molecular weight is 518 g/mol. The van der Waals surface area contributed by atoms with Crippen molar-refractivity contribution in [2.75, 3.05) is 32.7 Å². The quantitative estimate of drug-likeness (QED) is 0.490. The summed E-state index contributed by atoms with van der Waals surface area (Å²) >= 11 is 0. The van der Waals surface area contributed by atoms with Gasteiger partial charge in [-0.3, -0.25) is 9.67 Å². The normalized spacial score (nSPS) is 18.8. The fraction of sp³-hybridized carbons (Fsp3) is 0.750. The SMILES string of the molecule is Cc1nn(C)c(C)c1CCCNC1=NCC2CN(C(=O)OC(C)(C)C)CCN12.I. The molecule has 164 valence electrons. The van der Waals surface area contributed by atoms with Gasteiger partial charge in [0.2, 0.25) is 0 Å². The molecule has 0 bridgehead atoms. The second-order valence-electron chi connectivity index (χ2n) is 8.74. The predicted octanol–water partition coefficient (Wildman–Crippen LogP) is 2.47. The van der Waals surface area contributed by atoms with Gasteiger partial charge >= 0.3 is 6.09 Å². The molecule has 0 radical (unpaired) electrons. The van der Waals surface area contributed by atoms with Crippen molar-refractivity contribution in [1.29, 1.82) is 0 Å². The van der Waals surface area contributed by atoms with E-state index in [2.05, 4.69) is 34.2 Å². The van der Waals surface area contributed by atoms with Crippen LogP contribution >= 0.6 is 24.0 Å². The van der Waals surface area contributed by atoms with Gasteiger partial charge in [-0.1, -0.05) is 0 Å². The molecule has 2 aliphatic heterocycles. The number of fused-ring (bicyclic) bond motifs is 1. The van der Waals surface area contributed by atoms with Crippen molar-refractivity contribution in [3.05, 3.63) is 17.0 Å². The lowest BCUT2D eigenvalue weighted by Crippen LogP contribution is -2.57. The number of piperazine rings is 1. The van der Waals surface area contributed by atoms with Crippen LogP contribution in [0.2, 0.25) is 0 Å². The van der Waals surface area contributed by atoms with Crippen molar-refractivity contribution in [3.8, 4) is 0 Å². The van der Waals surface area contributed by atoms with Crippen LogP contribution in [-0.4, -0.2) is 76.0 Å². The van der Waals surface area contributed by atoms with E-state index in [1.54, 1.807) is 4.90 Å². The largest absolute Gasteiger partial charge is 0.444 e. The van der Waals surface area contributed by atoms with E-state index in [0.717, 1.165) is 44.1 Å². The Morgan fingerprint density at radius 3 is 2.62 bits per heavy atom. The van der Waals surface area contributed by atoms with Crippen LogP contribution < -0.4 is 5.32 Å². The third-order valence-corrected chi connectivity index (χ3v) is 5.40. The number of carbonyl (C=O) groups is 1. The molecule has 3 rings (SSSR count). The minimum absolute atomic E-state index is 0. The minimum atomic E-state index is -0.460. The number of nitrogens with zero attached hydrogens (tertiary/aromatic N) is 5. The molecule has 2 aliphatic rings. The van der Waals surface area contributed by atoms with Gasteiger partial charge in [0.15, 0.2) is 5.96 Å². The zero-order valence-corrected chi connectivity index (χ0v) is 20.8. The van der Waals surface area contributed by atoms with Crippen LogP contribution in [0.5, 0.6) is 0 Å². The molecule has 3 heterocycles. The predicted molar refractivity (Wildman–Crippen MR) is 125 cm³/mol. The lowest BCUT2D eigenvalue weighted by atomic mass is 10.1. The molecule has 1 N–H and O–H groups in total. The third kappa shape index (κ3) is 5.76. The van der Waals surface area contributed by atoms with Crippen molar-refractivity contribution in [2.24, 2.45) is 12.0 Å². The zero-order chi connectivity index (χ0) is 20.5. The number of aryl methyl sites for hydroxylation is 2. The van der Waals surface area contributed by atoms with E-state index in [-0.39, 0.29) is 36.1 Å². The lowest BCUT2D eigenvalue weighted by Gasteiger charge is -2.39. The fourth-order valence-corrected chi connectivity index (χ4v) is 3.87. The first-order chi connectivity index (χ1) is 13.2. The van der Waals surface area contributed by atoms with Crippen LogP contribution in [0.15, 0.2) is 4.99 Å². The number of rotatable bonds is 4. The Bertz CT molecular complexity index is 755. The fourth-order valence-electron chi connectivity index (χ4n) is 3.87. The molecular formula is C20H35IN6O2. The number of aliphatic imine (C=N–C) groups is 1. The van der Waals surface area contributed by atoms with Crippen molar-refractivity contribution >= 4 is 36.0 Å². The number of guanidine groups is 1. The molecule has 1 atom stereocenters. The molecule has 0 saturated carbocycles. The van der Waals surface area contributed by atoms with E-state index in [1.165, 1.54) is 11.3 Å². The Morgan fingerprint density at radius 2 is 2.00 bits per heavy atom. The highest BCUT2D eigenvalue weighted by atomic mass is 127. The molecule has 9 heteroatoms. The van der Waals surface area contributed by atoms with Crippen molar-refractivity contribution in [3.63, 3.8) is 0 Å². The monoisotopic (exact) mass is 518 g/mol. The maximum Gasteiger partial charge on any atom is 0.410 e. The van der Waals surface area contributed by atoms with Crippen LogP contribution in [0, 0.1) is 13.8 Å². The average Bonchev–Trinajstić information content (AvgIpc) is 3.11. The molecule has 1 saturated heterocycles. The first-order valence-electron chi connectivity index (χ1n) is 10.2. The van der Waals surface area contributed by atoms with E-state index in [4.69, 9.17) is 4.74 Å². The number of nitrogens with one attached hydrogen (secondary N) is 1. The van der Waals surface area contributed by atoms with E-state index >= 15 is 0 Å². The lowest BCUT2D eigenvalue weighted by molar-refractivity contribution is 0.0137. The van der Waals surface area contributed by atoms with Gasteiger partial charge in [-0.05, 0) is 53.0 Å². The van der Waals surface area contributed by atoms with E-state index in [1.807, 2.05) is 32.5 Å². The molecule has 1 aromatic rings. The van der Waals surface area contributed by atoms with Gasteiger partial charge in [0.05, 0.1) is 18.3 Å². The Morgan fingerprint density at radius 1 is 1.28 bits per heavy atom. The summed E-state index contributed by atoms with van der Waals surface area (Å²) in [6.45, 7) is 13.6. The van der Waals surface area contributed by atoms with Gasteiger partial charge in [-0.25, -0.2) is 4.79 Å². The van der Waals surface area contributed by atoms with Crippen LogP contribution in [0.4, 0.5) is 4.79 Å². The topological polar surface area (TPSA) is 75.0 Å². The standard InChI is InChI=1S/C20H34N6O2.HI/c1-14-17(15(2)24(6)23-14)8-7-9-21-18-22-12-16-13-25(10-11-26(16)18)19(27)28-20(3,4)5;/h16H,7-13H2,1-6H3,(H,21,22);1H. The summed E-state index contributed by atoms with van der Waals surface area (Å²) in [6, 6.07) is 0.242. The summed E-state index contributed by atoms with van der Waals surface area (Å²) in [5.41, 5.74) is 3.25. The Hall–Kier alpha value is -1.52. The highest BCUT2D eigenvalue weighted by Gasteiger charge is 2.36. The van der Waals surface area contributed by atoms with Crippen LogP contribution in [-0.2, 0) is 18.2 Å². The maximum atomic E-state index is 12.3. The van der Waals surface area contributed by atoms with Gasteiger partial charge in [-0.2, -0.15) is 5.10 Å². The maximum absolute atomic E-state index is 12.3. The molecule has 1 unspecified atom stereocenters. The number of ether oxygens (including phenoxy) is 1. The van der Waals surface area contributed by atoms with Crippen LogP contribution in [0.3, 0.4) is 0 Å². The first-order valence-corrected chi connectivity index (χ1v) is 10.2. The molecule has 0 aromatic carbocycles. The Labute approximate surface area is 191 Å². The number of carbonyl (C=O) groups excluding carboxylic acids is 1. The molecule has 1 amide bonds. The van der Waals surface area contributed by atoms with Crippen LogP contribution in [0.1, 0.15) is 44.1 Å². The summed E-state index contributed by atoms with van der Waals surface area (Å²) in [5, 5.41) is 7.98. The molecule has 1 fully saturated rings. The van der Waals surface area contributed by atoms with Gasteiger partial charge in [-0.15, -0.1) is 24.0 Å². The number of hydrogen-bond acceptors (Lipinski definition) is 6. The summed E-state index contributed by atoms with van der Waals surface area (Å²) < 4.78 is 7.46. The molecule has 29 heavy (non-hydrogen) atoms. The summed E-state index contributed by atoms with van der Waals surface area (Å²) in [4.78, 5) is 21.1. The number of hydrogen-bond donors (Lipinski definition) is 1. The van der Waals surface area contributed by atoms with Crippen molar-refractivity contribution in [2.45, 2.75) is 59.1 Å². The molecule has 1 aromatic heterocycles. The molecule has 8 nitrogen and oxygen atoms in total. The van der Waals surface area contributed by atoms with Crippen molar-refractivity contribution < 1.29 is 9.53 Å². The number of aromatic nitrogens is 2. The second-order valence-corrected chi connectivity index (χ2v) is 8.74. The number of amides is 1. The molecular weight excluding hydrogens is 483 g/mol. The van der Waals surface area contributed by atoms with Gasteiger partial charge in [0.25, 0.3) is 0 Å². The summed E-state index contributed by atoms with van der Waals surface area (Å²) in [7, 11) is 1.99. The van der Waals surface area contributed by atoms with Crippen LogP contribution in [0.25, 0.3) is 0 Å². The Balaban J connectivity index is 0.00000300. The second kappa shape index (κ2) is 9.53. The third-order valence-electron chi connectivity index (χ3n) is 5.40. The van der Waals surface area contributed by atoms with Gasteiger partial charge in [0, 0.05) is 38.9 Å². The highest BCUT2D eigenvalue weighted by molar-refractivity contribution is 14.0. The summed E-state index contributed by atoms with van der Waals surface area (Å²) in [6.07, 6.45) is 1.83. The Kier molecular flexibility index (Phi) is 7.80. The van der Waals surface area contributed by atoms with Gasteiger partial charge < -0.3 is 19.9 Å². The zero-order valence-electron chi connectivity index (χ0n) is 18.5.